The fourth-order valence-corrected chi connectivity index (χ4v) is 2.73. The number of nitrogens with one attached hydrogen (secondary N) is 2. The van der Waals surface area contributed by atoms with Gasteiger partial charge in [0, 0.05) is 33.0 Å². The molecule has 2 N–H and O–H groups in total. The SMILES string of the molecule is Cc1c(Cl)cccc1NC(=O)CNc1ccnc2cc(Cl)ccc12. The van der Waals surface area contributed by atoms with Gasteiger partial charge in [0.05, 0.1) is 12.1 Å². The molecule has 0 saturated carbocycles. The highest BCUT2D eigenvalue weighted by atomic mass is 35.5. The molecular weight excluding hydrogens is 345 g/mol. The summed E-state index contributed by atoms with van der Waals surface area (Å²) in [6, 6.07) is 12.7. The van der Waals surface area contributed by atoms with Crippen LogP contribution in [0.5, 0.6) is 0 Å². The molecule has 3 aromatic rings. The number of nitrogens with zero attached hydrogens (tertiary/aromatic N) is 1. The van der Waals surface area contributed by atoms with Crippen molar-refractivity contribution in [3.05, 3.63) is 64.3 Å². The van der Waals surface area contributed by atoms with Crippen molar-refractivity contribution in [3.8, 4) is 0 Å². The molecule has 24 heavy (non-hydrogen) atoms. The van der Waals surface area contributed by atoms with Crippen molar-refractivity contribution in [3.63, 3.8) is 0 Å². The monoisotopic (exact) mass is 359 g/mol. The second-order valence-corrected chi connectivity index (χ2v) is 6.18. The third kappa shape index (κ3) is 3.61. The first kappa shape index (κ1) is 16.6. The lowest BCUT2D eigenvalue weighted by atomic mass is 10.2. The minimum Gasteiger partial charge on any atom is -0.376 e. The summed E-state index contributed by atoms with van der Waals surface area (Å²) < 4.78 is 0. The molecule has 0 aliphatic heterocycles. The summed E-state index contributed by atoms with van der Waals surface area (Å²) in [6.45, 7) is 2.00. The van der Waals surface area contributed by atoms with E-state index in [9.17, 15) is 4.79 Å². The molecule has 0 aliphatic rings. The van der Waals surface area contributed by atoms with Crippen molar-refractivity contribution < 1.29 is 4.79 Å². The van der Waals surface area contributed by atoms with E-state index in [2.05, 4.69) is 15.6 Å². The van der Waals surface area contributed by atoms with E-state index in [0.29, 0.717) is 15.7 Å². The van der Waals surface area contributed by atoms with Crippen molar-refractivity contribution >= 4 is 51.4 Å². The molecule has 0 spiro atoms. The van der Waals surface area contributed by atoms with Gasteiger partial charge in [0.1, 0.15) is 0 Å². The van der Waals surface area contributed by atoms with Crippen LogP contribution in [0.2, 0.25) is 10.0 Å². The van der Waals surface area contributed by atoms with E-state index >= 15 is 0 Å². The number of amides is 1. The van der Waals surface area contributed by atoms with Crippen LogP contribution >= 0.6 is 23.2 Å². The normalized spacial score (nSPS) is 10.6. The van der Waals surface area contributed by atoms with Crippen molar-refractivity contribution in [1.29, 1.82) is 0 Å². The number of pyridine rings is 1. The summed E-state index contributed by atoms with van der Waals surface area (Å²) in [5.41, 5.74) is 3.16. The summed E-state index contributed by atoms with van der Waals surface area (Å²) >= 11 is 12.0. The van der Waals surface area contributed by atoms with Crippen molar-refractivity contribution in [2.45, 2.75) is 6.92 Å². The van der Waals surface area contributed by atoms with E-state index in [0.717, 1.165) is 22.2 Å². The van der Waals surface area contributed by atoms with Crippen LogP contribution in [-0.2, 0) is 4.79 Å². The van der Waals surface area contributed by atoms with E-state index in [1.807, 2.05) is 25.1 Å². The lowest BCUT2D eigenvalue weighted by molar-refractivity contribution is -0.114. The Morgan fingerprint density at radius 2 is 1.96 bits per heavy atom. The molecule has 3 rings (SSSR count). The number of rotatable bonds is 4. The van der Waals surface area contributed by atoms with Crippen molar-refractivity contribution in [2.75, 3.05) is 17.2 Å². The van der Waals surface area contributed by atoms with Crippen LogP contribution in [0.3, 0.4) is 0 Å². The molecule has 0 aliphatic carbocycles. The maximum atomic E-state index is 12.2. The maximum absolute atomic E-state index is 12.2. The minimum atomic E-state index is -0.153. The van der Waals surface area contributed by atoms with E-state index in [1.165, 1.54) is 0 Å². The zero-order valence-electron chi connectivity index (χ0n) is 12.9. The number of fused-ring (bicyclic) bond motifs is 1. The Hall–Kier alpha value is -2.30. The van der Waals surface area contributed by atoms with Gasteiger partial charge in [0.15, 0.2) is 0 Å². The van der Waals surface area contributed by atoms with Crippen LogP contribution < -0.4 is 10.6 Å². The van der Waals surface area contributed by atoms with Crippen LogP contribution in [0.1, 0.15) is 5.56 Å². The zero-order valence-corrected chi connectivity index (χ0v) is 14.4. The van der Waals surface area contributed by atoms with E-state index in [1.54, 1.807) is 30.5 Å². The van der Waals surface area contributed by atoms with Gasteiger partial charge in [0.25, 0.3) is 0 Å². The molecule has 2 aromatic carbocycles. The predicted molar refractivity (Wildman–Crippen MR) is 100 cm³/mol. The highest BCUT2D eigenvalue weighted by Crippen LogP contribution is 2.25. The Balaban J connectivity index is 1.72. The van der Waals surface area contributed by atoms with Gasteiger partial charge in [-0.3, -0.25) is 9.78 Å². The zero-order chi connectivity index (χ0) is 17.1. The van der Waals surface area contributed by atoms with E-state index < -0.39 is 0 Å². The number of hydrogen-bond acceptors (Lipinski definition) is 3. The topological polar surface area (TPSA) is 54.0 Å². The third-order valence-corrected chi connectivity index (χ3v) is 4.33. The average Bonchev–Trinajstić information content (AvgIpc) is 2.56. The lowest BCUT2D eigenvalue weighted by Crippen LogP contribution is -2.22. The van der Waals surface area contributed by atoms with Gasteiger partial charge in [-0.25, -0.2) is 0 Å². The smallest absolute Gasteiger partial charge is 0.243 e. The van der Waals surface area contributed by atoms with Gasteiger partial charge < -0.3 is 10.6 Å². The van der Waals surface area contributed by atoms with Gasteiger partial charge in [-0.15, -0.1) is 0 Å². The first-order valence-corrected chi connectivity index (χ1v) is 8.13. The molecule has 1 aromatic heterocycles. The second-order valence-electron chi connectivity index (χ2n) is 5.33. The number of hydrogen-bond donors (Lipinski definition) is 2. The van der Waals surface area contributed by atoms with Crippen molar-refractivity contribution in [2.24, 2.45) is 0 Å². The Morgan fingerprint density at radius 1 is 1.12 bits per heavy atom. The molecule has 1 heterocycles. The first-order valence-electron chi connectivity index (χ1n) is 7.38. The number of halogens is 2. The Morgan fingerprint density at radius 3 is 2.79 bits per heavy atom. The van der Waals surface area contributed by atoms with E-state index in [-0.39, 0.29) is 12.5 Å². The Labute approximate surface area is 149 Å². The molecular formula is C18H15Cl2N3O. The van der Waals surface area contributed by atoms with Gasteiger partial charge in [0.2, 0.25) is 5.91 Å². The summed E-state index contributed by atoms with van der Waals surface area (Å²) in [5.74, 6) is -0.153. The van der Waals surface area contributed by atoms with Gasteiger partial charge >= 0.3 is 0 Å². The Kier molecular flexibility index (Phi) is 4.88. The predicted octanol–water partition coefficient (Wildman–Crippen LogP) is 4.90. The molecule has 0 radical (unpaired) electrons. The molecule has 0 unspecified atom stereocenters. The highest BCUT2D eigenvalue weighted by Gasteiger charge is 2.08. The van der Waals surface area contributed by atoms with Crippen LogP contribution in [0, 0.1) is 6.92 Å². The summed E-state index contributed by atoms with van der Waals surface area (Å²) in [7, 11) is 0. The van der Waals surface area contributed by atoms with Crippen LogP contribution in [-0.4, -0.2) is 17.4 Å². The molecule has 6 heteroatoms. The van der Waals surface area contributed by atoms with E-state index in [4.69, 9.17) is 23.2 Å². The molecule has 4 nitrogen and oxygen atoms in total. The fraction of sp³-hybridized carbons (Fsp3) is 0.111. The van der Waals surface area contributed by atoms with Gasteiger partial charge in [-0.2, -0.15) is 0 Å². The van der Waals surface area contributed by atoms with Gasteiger partial charge in [-0.1, -0.05) is 29.3 Å². The van der Waals surface area contributed by atoms with Gasteiger partial charge in [-0.05, 0) is 48.9 Å². The largest absolute Gasteiger partial charge is 0.376 e. The minimum absolute atomic E-state index is 0.133. The quantitative estimate of drug-likeness (QED) is 0.696. The molecule has 0 bridgehead atoms. The number of aromatic nitrogens is 1. The van der Waals surface area contributed by atoms with Crippen LogP contribution in [0.4, 0.5) is 11.4 Å². The highest BCUT2D eigenvalue weighted by molar-refractivity contribution is 6.32. The summed E-state index contributed by atoms with van der Waals surface area (Å²) in [6.07, 6.45) is 1.68. The number of anilines is 2. The number of benzene rings is 2. The average molecular weight is 360 g/mol. The summed E-state index contributed by atoms with van der Waals surface area (Å²) in [5, 5.41) is 8.15. The second kappa shape index (κ2) is 7.07. The Bertz CT molecular complexity index is 912. The molecule has 0 fully saturated rings. The number of carbonyl (C=O) groups excluding carboxylic acids is 1. The first-order chi connectivity index (χ1) is 11.5. The van der Waals surface area contributed by atoms with Crippen LogP contribution in [0.15, 0.2) is 48.7 Å². The fourth-order valence-electron chi connectivity index (χ4n) is 2.39. The number of carbonyl (C=O) groups is 1. The third-order valence-electron chi connectivity index (χ3n) is 3.69. The van der Waals surface area contributed by atoms with Crippen molar-refractivity contribution in [1.82, 2.24) is 4.98 Å². The molecule has 1 amide bonds. The van der Waals surface area contributed by atoms with Crippen LogP contribution in [0.25, 0.3) is 10.9 Å². The molecule has 0 saturated heterocycles. The summed E-state index contributed by atoms with van der Waals surface area (Å²) in [4.78, 5) is 16.5. The standard InChI is InChI=1S/C18H15Cl2N3O/c1-11-14(20)3-2-4-15(11)23-18(24)10-22-16-7-8-21-17-9-12(19)5-6-13(16)17/h2-9H,10H2,1H3,(H,21,22)(H,23,24). The molecule has 0 atom stereocenters. The maximum Gasteiger partial charge on any atom is 0.243 e. The lowest BCUT2D eigenvalue weighted by Gasteiger charge is -2.12. The molecule has 122 valence electrons.